The second-order valence-corrected chi connectivity index (χ2v) is 10.5. The Morgan fingerprint density at radius 1 is 1.12 bits per heavy atom. The molecular formula is C25H34N2O4S. The maximum absolute atomic E-state index is 12.8. The number of sulfonamides is 1. The van der Waals surface area contributed by atoms with Gasteiger partial charge in [-0.05, 0) is 62.3 Å². The average molecular weight is 459 g/mol. The molecule has 0 bridgehead atoms. The zero-order valence-corrected chi connectivity index (χ0v) is 19.9. The van der Waals surface area contributed by atoms with Gasteiger partial charge in [-0.25, -0.2) is 12.7 Å². The van der Waals surface area contributed by atoms with Gasteiger partial charge >= 0.3 is 0 Å². The third kappa shape index (κ3) is 6.81. The largest absolute Gasteiger partial charge is 0.491 e. The standard InChI is InChI=1S/C25H34N2O4S/c1-20-9-6-14-24(21(20)2)31-17-15-26-25(28)23-13-7-16-27(19-23)32(29,30)18-8-12-22-10-4-3-5-11-22/h3-6,9-11,14,23H,7-8,12-13,15-19H2,1-2H3,(H,26,28)/t23-/m1/s1. The second kappa shape index (κ2) is 11.5. The first kappa shape index (κ1) is 24.3. The predicted octanol–water partition coefficient (Wildman–Crippen LogP) is 3.47. The number of benzene rings is 2. The Morgan fingerprint density at radius 2 is 1.91 bits per heavy atom. The van der Waals surface area contributed by atoms with E-state index in [1.54, 1.807) is 0 Å². The van der Waals surface area contributed by atoms with E-state index in [1.165, 1.54) is 9.87 Å². The van der Waals surface area contributed by atoms with E-state index in [0.29, 0.717) is 39.0 Å². The number of aryl methyl sites for hydroxylation is 2. The number of ether oxygens (including phenoxy) is 1. The maximum atomic E-state index is 12.8. The van der Waals surface area contributed by atoms with E-state index in [1.807, 2.05) is 62.4 Å². The fourth-order valence-electron chi connectivity index (χ4n) is 4.00. The zero-order chi connectivity index (χ0) is 23.0. The SMILES string of the molecule is Cc1cccc(OCCNC(=O)[C@@H]2CCCN(S(=O)(=O)CCCc3ccccc3)C2)c1C. The van der Waals surface area contributed by atoms with Crippen LogP contribution in [0.25, 0.3) is 0 Å². The van der Waals surface area contributed by atoms with Crippen molar-refractivity contribution in [2.75, 3.05) is 32.0 Å². The van der Waals surface area contributed by atoms with Crippen molar-refractivity contribution in [2.45, 2.75) is 39.5 Å². The van der Waals surface area contributed by atoms with Gasteiger partial charge in [0.2, 0.25) is 15.9 Å². The zero-order valence-electron chi connectivity index (χ0n) is 19.0. The minimum absolute atomic E-state index is 0.0984. The Balaban J connectivity index is 1.42. The number of piperidine rings is 1. The van der Waals surface area contributed by atoms with Gasteiger partial charge in [-0.2, -0.15) is 0 Å². The molecule has 1 fully saturated rings. The summed E-state index contributed by atoms with van der Waals surface area (Å²) in [5, 5.41) is 2.91. The molecule has 1 N–H and O–H groups in total. The summed E-state index contributed by atoms with van der Waals surface area (Å²) in [7, 11) is -3.36. The first-order chi connectivity index (χ1) is 15.4. The number of hydrogen-bond donors (Lipinski definition) is 1. The Bertz CT molecular complexity index is 992. The van der Waals surface area contributed by atoms with Crippen molar-refractivity contribution in [3.8, 4) is 5.75 Å². The quantitative estimate of drug-likeness (QED) is 0.553. The highest BCUT2D eigenvalue weighted by atomic mass is 32.2. The van der Waals surface area contributed by atoms with E-state index in [-0.39, 0.29) is 24.1 Å². The van der Waals surface area contributed by atoms with Crippen molar-refractivity contribution in [1.29, 1.82) is 0 Å². The van der Waals surface area contributed by atoms with Gasteiger partial charge in [-0.1, -0.05) is 42.5 Å². The van der Waals surface area contributed by atoms with Gasteiger partial charge in [-0.15, -0.1) is 0 Å². The third-order valence-corrected chi connectivity index (χ3v) is 8.00. The number of amides is 1. The summed E-state index contributed by atoms with van der Waals surface area (Å²) in [5.41, 5.74) is 3.40. The molecule has 0 unspecified atom stereocenters. The highest BCUT2D eigenvalue weighted by molar-refractivity contribution is 7.89. The van der Waals surface area contributed by atoms with Gasteiger partial charge in [-0.3, -0.25) is 4.79 Å². The molecule has 3 rings (SSSR count). The van der Waals surface area contributed by atoms with Gasteiger partial charge in [0, 0.05) is 13.1 Å². The van der Waals surface area contributed by atoms with Gasteiger partial charge in [0.25, 0.3) is 0 Å². The lowest BCUT2D eigenvalue weighted by Gasteiger charge is -2.31. The Hall–Kier alpha value is -2.38. The first-order valence-corrected chi connectivity index (χ1v) is 13.0. The first-order valence-electron chi connectivity index (χ1n) is 11.4. The molecule has 0 aromatic heterocycles. The van der Waals surface area contributed by atoms with E-state index >= 15 is 0 Å². The van der Waals surface area contributed by atoms with Crippen LogP contribution in [-0.4, -0.2) is 50.6 Å². The molecule has 7 heteroatoms. The number of carbonyl (C=O) groups excluding carboxylic acids is 1. The van der Waals surface area contributed by atoms with E-state index in [2.05, 4.69) is 5.32 Å². The number of hydrogen-bond acceptors (Lipinski definition) is 4. The molecule has 1 aliphatic rings. The summed E-state index contributed by atoms with van der Waals surface area (Å²) in [4.78, 5) is 12.6. The molecule has 2 aromatic carbocycles. The van der Waals surface area contributed by atoms with Crippen molar-refractivity contribution in [2.24, 2.45) is 5.92 Å². The van der Waals surface area contributed by atoms with Crippen molar-refractivity contribution in [1.82, 2.24) is 9.62 Å². The van der Waals surface area contributed by atoms with Crippen LogP contribution in [0.4, 0.5) is 0 Å². The molecule has 2 aromatic rings. The molecule has 1 amide bonds. The Morgan fingerprint density at radius 3 is 2.69 bits per heavy atom. The van der Waals surface area contributed by atoms with E-state index in [0.717, 1.165) is 23.3 Å². The molecule has 1 saturated heterocycles. The van der Waals surface area contributed by atoms with Crippen LogP contribution in [0.3, 0.4) is 0 Å². The molecule has 0 aliphatic carbocycles. The molecule has 1 aliphatic heterocycles. The van der Waals surface area contributed by atoms with E-state index in [4.69, 9.17) is 4.74 Å². The van der Waals surface area contributed by atoms with Crippen LogP contribution in [0.1, 0.15) is 36.0 Å². The molecule has 6 nitrogen and oxygen atoms in total. The van der Waals surface area contributed by atoms with Crippen LogP contribution in [0.2, 0.25) is 0 Å². The molecule has 1 atom stereocenters. The number of rotatable bonds is 10. The summed E-state index contributed by atoms with van der Waals surface area (Å²) < 4.78 is 32.9. The maximum Gasteiger partial charge on any atom is 0.224 e. The normalized spacial score (nSPS) is 17.1. The van der Waals surface area contributed by atoms with E-state index in [9.17, 15) is 13.2 Å². The fourth-order valence-corrected chi connectivity index (χ4v) is 5.58. The highest BCUT2D eigenvalue weighted by Gasteiger charge is 2.31. The fraction of sp³-hybridized carbons (Fsp3) is 0.480. The predicted molar refractivity (Wildman–Crippen MR) is 127 cm³/mol. The minimum atomic E-state index is -3.36. The highest BCUT2D eigenvalue weighted by Crippen LogP contribution is 2.21. The number of nitrogens with zero attached hydrogens (tertiary/aromatic N) is 1. The lowest BCUT2D eigenvalue weighted by Crippen LogP contribution is -2.46. The molecule has 0 spiro atoms. The summed E-state index contributed by atoms with van der Waals surface area (Å²) in [6.45, 7) is 5.58. The molecule has 1 heterocycles. The van der Waals surface area contributed by atoms with Gasteiger partial charge in [0.15, 0.2) is 0 Å². The number of carbonyl (C=O) groups is 1. The molecule has 174 valence electrons. The summed E-state index contributed by atoms with van der Waals surface area (Å²) in [5.74, 6) is 0.525. The summed E-state index contributed by atoms with van der Waals surface area (Å²) >= 11 is 0. The molecule has 0 saturated carbocycles. The van der Waals surface area contributed by atoms with Crippen LogP contribution in [-0.2, 0) is 21.2 Å². The van der Waals surface area contributed by atoms with Crippen molar-refractivity contribution in [3.63, 3.8) is 0 Å². The lowest BCUT2D eigenvalue weighted by molar-refractivity contribution is -0.126. The monoisotopic (exact) mass is 458 g/mol. The summed E-state index contributed by atoms with van der Waals surface area (Å²) in [6, 6.07) is 15.8. The lowest BCUT2D eigenvalue weighted by atomic mass is 9.99. The van der Waals surface area contributed by atoms with Gasteiger partial charge in [0.05, 0.1) is 18.2 Å². The van der Waals surface area contributed by atoms with Crippen LogP contribution in [0.5, 0.6) is 5.75 Å². The Kier molecular flexibility index (Phi) is 8.70. The average Bonchev–Trinajstić information content (AvgIpc) is 2.80. The van der Waals surface area contributed by atoms with Crippen molar-refractivity contribution < 1.29 is 17.9 Å². The van der Waals surface area contributed by atoms with E-state index < -0.39 is 10.0 Å². The van der Waals surface area contributed by atoms with Crippen molar-refractivity contribution >= 4 is 15.9 Å². The van der Waals surface area contributed by atoms with Gasteiger partial charge in [0.1, 0.15) is 12.4 Å². The molecular weight excluding hydrogens is 424 g/mol. The second-order valence-electron chi connectivity index (χ2n) is 8.44. The number of nitrogens with one attached hydrogen (secondary N) is 1. The molecule has 0 radical (unpaired) electrons. The third-order valence-electron chi connectivity index (χ3n) is 6.07. The van der Waals surface area contributed by atoms with Crippen molar-refractivity contribution in [3.05, 3.63) is 65.2 Å². The topological polar surface area (TPSA) is 75.7 Å². The smallest absolute Gasteiger partial charge is 0.224 e. The van der Waals surface area contributed by atoms with Crippen LogP contribution >= 0.6 is 0 Å². The van der Waals surface area contributed by atoms with Gasteiger partial charge < -0.3 is 10.1 Å². The van der Waals surface area contributed by atoms with Crippen LogP contribution in [0.15, 0.2) is 48.5 Å². The molecule has 32 heavy (non-hydrogen) atoms. The van der Waals surface area contributed by atoms with Crippen LogP contribution < -0.4 is 10.1 Å². The van der Waals surface area contributed by atoms with Crippen LogP contribution in [0, 0.1) is 19.8 Å². The summed E-state index contributed by atoms with van der Waals surface area (Å²) in [6.07, 6.45) is 2.72. The minimum Gasteiger partial charge on any atom is -0.491 e. The Labute approximate surface area is 192 Å².